The first-order chi connectivity index (χ1) is 13.2. The highest BCUT2D eigenvalue weighted by Gasteiger charge is 2.42. The molecule has 0 aliphatic carbocycles. The third-order valence-corrected chi connectivity index (χ3v) is 5.88. The maximum atomic E-state index is 12.3. The lowest BCUT2D eigenvalue weighted by molar-refractivity contribution is -0.172. The highest BCUT2D eigenvalue weighted by Crippen LogP contribution is 2.31. The van der Waals surface area contributed by atoms with Crippen LogP contribution in [0.15, 0.2) is 60.7 Å². The standard InChI is InChI=1S/C23H28N2O2/c26-22-18-27-23(19-25(22)17-21-9-5-2-6-10-21)12-15-24(16-13-23)14-11-20-7-3-1-4-8-20/h1-10H,11-19H2. The van der Waals surface area contributed by atoms with E-state index in [2.05, 4.69) is 47.4 Å². The van der Waals surface area contributed by atoms with Gasteiger partial charge in [-0.15, -0.1) is 0 Å². The summed E-state index contributed by atoms with van der Waals surface area (Å²) in [4.78, 5) is 16.9. The molecule has 2 fully saturated rings. The van der Waals surface area contributed by atoms with Gasteiger partial charge in [0.1, 0.15) is 6.61 Å². The average Bonchev–Trinajstić information content (AvgIpc) is 2.72. The summed E-state index contributed by atoms with van der Waals surface area (Å²) in [6, 6.07) is 20.9. The van der Waals surface area contributed by atoms with E-state index in [1.54, 1.807) is 0 Å². The van der Waals surface area contributed by atoms with Crippen LogP contribution >= 0.6 is 0 Å². The molecule has 1 spiro atoms. The Morgan fingerprint density at radius 2 is 1.52 bits per heavy atom. The molecule has 2 saturated heterocycles. The molecule has 2 aromatic carbocycles. The summed E-state index contributed by atoms with van der Waals surface area (Å²) in [6.07, 6.45) is 3.09. The van der Waals surface area contributed by atoms with E-state index in [4.69, 9.17) is 4.74 Å². The van der Waals surface area contributed by atoms with Gasteiger partial charge in [-0.25, -0.2) is 0 Å². The normalized spacial score (nSPS) is 20.1. The second kappa shape index (κ2) is 8.24. The molecule has 27 heavy (non-hydrogen) atoms. The molecule has 4 nitrogen and oxygen atoms in total. The van der Waals surface area contributed by atoms with E-state index >= 15 is 0 Å². The van der Waals surface area contributed by atoms with Crippen LogP contribution in [0.4, 0.5) is 0 Å². The molecule has 0 aromatic heterocycles. The Balaban J connectivity index is 1.31. The van der Waals surface area contributed by atoms with Gasteiger partial charge in [-0.3, -0.25) is 4.79 Å². The fraction of sp³-hybridized carbons (Fsp3) is 0.435. The Bertz CT molecular complexity index is 739. The van der Waals surface area contributed by atoms with Crippen LogP contribution in [0, 0.1) is 0 Å². The molecule has 2 aromatic rings. The van der Waals surface area contributed by atoms with Crippen LogP contribution in [0.25, 0.3) is 0 Å². The fourth-order valence-corrected chi connectivity index (χ4v) is 4.15. The van der Waals surface area contributed by atoms with Crippen molar-refractivity contribution in [1.82, 2.24) is 9.80 Å². The van der Waals surface area contributed by atoms with Gasteiger partial charge in [0.05, 0.1) is 12.1 Å². The molecule has 4 heteroatoms. The molecular formula is C23H28N2O2. The van der Waals surface area contributed by atoms with E-state index in [9.17, 15) is 4.79 Å². The molecule has 0 radical (unpaired) electrons. The van der Waals surface area contributed by atoms with Crippen LogP contribution in [-0.2, 0) is 22.5 Å². The molecule has 4 rings (SSSR count). The number of likely N-dealkylation sites (tertiary alicyclic amines) is 1. The third kappa shape index (κ3) is 4.57. The van der Waals surface area contributed by atoms with Gasteiger partial charge in [-0.2, -0.15) is 0 Å². The molecule has 0 N–H and O–H groups in total. The Kier molecular flexibility index (Phi) is 5.55. The summed E-state index contributed by atoms with van der Waals surface area (Å²) >= 11 is 0. The van der Waals surface area contributed by atoms with E-state index in [0.29, 0.717) is 13.1 Å². The molecule has 2 aliphatic rings. The first kappa shape index (κ1) is 18.2. The van der Waals surface area contributed by atoms with E-state index < -0.39 is 0 Å². The first-order valence-corrected chi connectivity index (χ1v) is 9.94. The second-order valence-corrected chi connectivity index (χ2v) is 7.78. The van der Waals surface area contributed by atoms with Gasteiger partial charge in [0, 0.05) is 26.2 Å². The van der Waals surface area contributed by atoms with Crippen LogP contribution in [0.2, 0.25) is 0 Å². The van der Waals surface area contributed by atoms with Crippen molar-refractivity contribution >= 4 is 5.91 Å². The lowest BCUT2D eigenvalue weighted by Gasteiger charge is -2.47. The Labute approximate surface area is 161 Å². The number of hydrogen-bond donors (Lipinski definition) is 0. The predicted octanol–water partition coefficient (Wildman–Crippen LogP) is 3.12. The van der Waals surface area contributed by atoms with E-state index in [-0.39, 0.29) is 18.1 Å². The van der Waals surface area contributed by atoms with Gasteiger partial charge < -0.3 is 14.5 Å². The number of hydrogen-bond acceptors (Lipinski definition) is 3. The highest BCUT2D eigenvalue weighted by molar-refractivity contribution is 5.78. The number of ether oxygens (including phenoxy) is 1. The summed E-state index contributed by atoms with van der Waals surface area (Å²) < 4.78 is 6.08. The van der Waals surface area contributed by atoms with Crippen molar-refractivity contribution in [2.24, 2.45) is 0 Å². The minimum Gasteiger partial charge on any atom is -0.363 e. The zero-order valence-electron chi connectivity index (χ0n) is 15.8. The summed E-state index contributed by atoms with van der Waals surface area (Å²) in [5.74, 6) is 0.107. The Hall–Kier alpha value is -2.17. The van der Waals surface area contributed by atoms with Crippen molar-refractivity contribution < 1.29 is 9.53 Å². The van der Waals surface area contributed by atoms with Crippen LogP contribution < -0.4 is 0 Å². The summed E-state index contributed by atoms with van der Waals surface area (Å²) in [5, 5.41) is 0. The SMILES string of the molecule is O=C1COC2(CCN(CCc3ccccc3)CC2)CN1Cc1ccccc1. The average molecular weight is 364 g/mol. The number of morpholine rings is 1. The van der Waals surface area contributed by atoms with Crippen molar-refractivity contribution in [3.05, 3.63) is 71.8 Å². The lowest BCUT2D eigenvalue weighted by atomic mass is 9.89. The fourth-order valence-electron chi connectivity index (χ4n) is 4.15. The molecule has 142 valence electrons. The van der Waals surface area contributed by atoms with Crippen molar-refractivity contribution in [3.8, 4) is 0 Å². The van der Waals surface area contributed by atoms with Gasteiger partial charge in [0.15, 0.2) is 0 Å². The maximum Gasteiger partial charge on any atom is 0.248 e. The van der Waals surface area contributed by atoms with E-state index in [1.165, 1.54) is 11.1 Å². The summed E-state index contributed by atoms with van der Waals surface area (Å²) in [6.45, 7) is 4.79. The number of rotatable bonds is 5. The molecule has 2 heterocycles. The van der Waals surface area contributed by atoms with Gasteiger partial charge in [0.2, 0.25) is 5.91 Å². The van der Waals surface area contributed by atoms with Crippen LogP contribution in [-0.4, -0.2) is 54.1 Å². The zero-order chi connectivity index (χ0) is 18.5. The quantitative estimate of drug-likeness (QED) is 0.817. The topological polar surface area (TPSA) is 32.8 Å². The molecule has 0 atom stereocenters. The lowest BCUT2D eigenvalue weighted by Crippen LogP contribution is -2.58. The van der Waals surface area contributed by atoms with Gasteiger partial charge in [0.25, 0.3) is 0 Å². The minimum atomic E-state index is -0.161. The summed E-state index contributed by atoms with van der Waals surface area (Å²) in [5.41, 5.74) is 2.42. The van der Waals surface area contributed by atoms with Gasteiger partial charge in [-0.05, 0) is 30.4 Å². The molecule has 2 aliphatic heterocycles. The molecule has 0 unspecified atom stereocenters. The third-order valence-electron chi connectivity index (χ3n) is 5.88. The number of piperidine rings is 1. The smallest absolute Gasteiger partial charge is 0.248 e. The Morgan fingerprint density at radius 3 is 2.19 bits per heavy atom. The zero-order valence-corrected chi connectivity index (χ0v) is 15.8. The first-order valence-electron chi connectivity index (χ1n) is 9.94. The van der Waals surface area contributed by atoms with Gasteiger partial charge >= 0.3 is 0 Å². The maximum absolute atomic E-state index is 12.3. The number of benzene rings is 2. The molecule has 0 saturated carbocycles. The highest BCUT2D eigenvalue weighted by atomic mass is 16.5. The van der Waals surface area contributed by atoms with Crippen LogP contribution in [0.1, 0.15) is 24.0 Å². The van der Waals surface area contributed by atoms with E-state index in [0.717, 1.165) is 38.9 Å². The largest absolute Gasteiger partial charge is 0.363 e. The molecule has 0 bridgehead atoms. The number of amides is 1. The monoisotopic (exact) mass is 364 g/mol. The van der Waals surface area contributed by atoms with Crippen LogP contribution in [0.5, 0.6) is 0 Å². The van der Waals surface area contributed by atoms with Crippen molar-refractivity contribution in [1.29, 1.82) is 0 Å². The minimum absolute atomic E-state index is 0.107. The van der Waals surface area contributed by atoms with Crippen molar-refractivity contribution in [2.45, 2.75) is 31.4 Å². The predicted molar refractivity (Wildman–Crippen MR) is 106 cm³/mol. The number of carbonyl (C=O) groups is 1. The van der Waals surface area contributed by atoms with Crippen molar-refractivity contribution in [2.75, 3.05) is 32.8 Å². The number of carbonyl (C=O) groups excluding carboxylic acids is 1. The second-order valence-electron chi connectivity index (χ2n) is 7.78. The molecule has 1 amide bonds. The summed E-state index contributed by atoms with van der Waals surface area (Å²) in [7, 11) is 0. The molecular weight excluding hydrogens is 336 g/mol. The Morgan fingerprint density at radius 1 is 0.889 bits per heavy atom. The van der Waals surface area contributed by atoms with Crippen molar-refractivity contribution in [3.63, 3.8) is 0 Å². The van der Waals surface area contributed by atoms with Gasteiger partial charge in [-0.1, -0.05) is 60.7 Å². The van der Waals surface area contributed by atoms with Crippen LogP contribution in [0.3, 0.4) is 0 Å². The van der Waals surface area contributed by atoms with E-state index in [1.807, 2.05) is 23.1 Å². The number of nitrogens with zero attached hydrogens (tertiary/aromatic N) is 2.